The quantitative estimate of drug-likeness (QED) is 0.772. The summed E-state index contributed by atoms with van der Waals surface area (Å²) >= 11 is 0. The van der Waals surface area contributed by atoms with Crippen LogP contribution in [0.5, 0.6) is 0 Å². The monoisotopic (exact) mass is 267 g/mol. The summed E-state index contributed by atoms with van der Waals surface area (Å²) in [7, 11) is 0. The second kappa shape index (κ2) is 4.56. The van der Waals surface area contributed by atoms with Gasteiger partial charge >= 0.3 is 0 Å². The van der Waals surface area contributed by atoms with Gasteiger partial charge in [-0.15, -0.1) is 0 Å². The van der Waals surface area contributed by atoms with Gasteiger partial charge in [0, 0.05) is 24.2 Å². The molecule has 2 fully saturated rings. The summed E-state index contributed by atoms with van der Waals surface area (Å²) in [6, 6.07) is 5.57. The molecule has 0 radical (unpaired) electrons. The molecule has 0 atom stereocenters. The number of carbonyl (C=O) groups excluding carboxylic acids is 1. The van der Waals surface area contributed by atoms with Crippen molar-refractivity contribution in [3.05, 3.63) is 35.4 Å². The predicted octanol–water partition coefficient (Wildman–Crippen LogP) is 2.63. The highest BCUT2D eigenvalue weighted by Gasteiger charge is 2.47. The van der Waals surface area contributed by atoms with E-state index in [-0.39, 0.29) is 17.1 Å². The van der Waals surface area contributed by atoms with Crippen molar-refractivity contribution in [3.63, 3.8) is 0 Å². The molecule has 0 saturated carbocycles. The Balaban J connectivity index is 1.66. The number of epoxide rings is 1. The molecule has 3 rings (SSSR count). The van der Waals surface area contributed by atoms with Gasteiger partial charge in [-0.1, -0.05) is 12.1 Å². The fourth-order valence-corrected chi connectivity index (χ4v) is 2.46. The molecule has 0 bridgehead atoms. The lowest BCUT2D eigenvalue weighted by molar-refractivity contribution is 0.0663. The molecule has 5 heteroatoms. The van der Waals surface area contributed by atoms with E-state index in [0.717, 1.165) is 19.4 Å². The van der Waals surface area contributed by atoms with E-state index in [1.54, 1.807) is 4.90 Å². The Kier molecular flexibility index (Phi) is 3.01. The molecular formula is C14H15F2NO2. The molecule has 1 aromatic rings. The molecule has 3 nitrogen and oxygen atoms in total. The fraction of sp³-hybridized carbons (Fsp3) is 0.500. The van der Waals surface area contributed by atoms with E-state index in [2.05, 4.69) is 0 Å². The third-order valence-corrected chi connectivity index (χ3v) is 3.92. The number of nitrogens with zero attached hydrogens (tertiary/aromatic N) is 1. The van der Waals surface area contributed by atoms with Gasteiger partial charge in [0.2, 0.25) is 0 Å². The summed E-state index contributed by atoms with van der Waals surface area (Å²) in [4.78, 5) is 14.0. The highest BCUT2D eigenvalue weighted by molar-refractivity contribution is 5.94. The van der Waals surface area contributed by atoms with Gasteiger partial charge in [-0.2, -0.15) is 0 Å². The van der Waals surface area contributed by atoms with Gasteiger partial charge in [-0.3, -0.25) is 4.79 Å². The summed E-state index contributed by atoms with van der Waals surface area (Å²) in [5, 5.41) is 0. The number of halogens is 2. The summed E-state index contributed by atoms with van der Waals surface area (Å²) < 4.78 is 30.3. The molecule has 2 aliphatic rings. The topological polar surface area (TPSA) is 32.8 Å². The first-order chi connectivity index (χ1) is 9.10. The third-order valence-electron chi connectivity index (χ3n) is 3.92. The first-order valence-corrected chi connectivity index (χ1v) is 6.41. The molecule has 2 aliphatic heterocycles. The summed E-state index contributed by atoms with van der Waals surface area (Å²) in [6.45, 7) is 2.16. The molecule has 2 heterocycles. The summed E-state index contributed by atoms with van der Waals surface area (Å²) in [5.41, 5.74) is 0.452. The number of amides is 1. The minimum absolute atomic E-state index is 0.0380. The van der Waals surface area contributed by atoms with E-state index >= 15 is 0 Å². The maximum absolute atomic E-state index is 12.4. The van der Waals surface area contributed by atoms with Gasteiger partial charge in [-0.05, 0) is 25.0 Å². The van der Waals surface area contributed by atoms with Crippen LogP contribution in [-0.2, 0) is 4.74 Å². The van der Waals surface area contributed by atoms with Crippen molar-refractivity contribution in [2.45, 2.75) is 24.9 Å². The predicted molar refractivity (Wildman–Crippen MR) is 65.2 cm³/mol. The van der Waals surface area contributed by atoms with Gasteiger partial charge in [0.15, 0.2) is 0 Å². The minimum atomic E-state index is -2.49. The van der Waals surface area contributed by atoms with E-state index in [0.29, 0.717) is 18.7 Å². The van der Waals surface area contributed by atoms with Gasteiger partial charge in [0.1, 0.15) is 0 Å². The van der Waals surface area contributed by atoms with E-state index in [1.165, 1.54) is 24.3 Å². The Labute approximate surface area is 110 Å². The molecule has 102 valence electrons. The Bertz CT molecular complexity index is 473. The zero-order valence-electron chi connectivity index (χ0n) is 10.4. The first kappa shape index (κ1) is 12.5. The van der Waals surface area contributed by atoms with Crippen LogP contribution >= 0.6 is 0 Å². The summed E-state index contributed by atoms with van der Waals surface area (Å²) in [6.07, 6.45) is -0.757. The van der Waals surface area contributed by atoms with Crippen molar-refractivity contribution >= 4 is 5.91 Å². The normalized spacial score (nSPS) is 20.9. The smallest absolute Gasteiger partial charge is 0.263 e. The Morgan fingerprint density at radius 2 is 1.79 bits per heavy atom. The molecule has 0 unspecified atom stereocenters. The van der Waals surface area contributed by atoms with Gasteiger partial charge in [0.05, 0.1) is 12.2 Å². The number of likely N-dealkylation sites (tertiary alicyclic amines) is 1. The molecule has 0 aliphatic carbocycles. The van der Waals surface area contributed by atoms with Crippen LogP contribution in [0.1, 0.15) is 35.2 Å². The van der Waals surface area contributed by atoms with Crippen molar-refractivity contribution in [1.82, 2.24) is 4.90 Å². The second-order valence-corrected chi connectivity index (χ2v) is 5.19. The second-order valence-electron chi connectivity index (χ2n) is 5.19. The number of carbonyl (C=O) groups is 1. The van der Waals surface area contributed by atoms with E-state index < -0.39 is 6.43 Å². The van der Waals surface area contributed by atoms with Crippen molar-refractivity contribution in [1.29, 1.82) is 0 Å². The van der Waals surface area contributed by atoms with Crippen molar-refractivity contribution in [2.24, 2.45) is 0 Å². The number of ether oxygens (including phenoxy) is 1. The molecular weight excluding hydrogens is 252 g/mol. The molecule has 2 saturated heterocycles. The lowest BCUT2D eigenvalue weighted by atomic mass is 9.97. The molecule has 0 N–H and O–H groups in total. The van der Waals surface area contributed by atoms with Gasteiger partial charge in [-0.25, -0.2) is 8.78 Å². The largest absolute Gasteiger partial charge is 0.369 e. The zero-order valence-corrected chi connectivity index (χ0v) is 10.4. The average molecular weight is 267 g/mol. The number of rotatable bonds is 2. The van der Waals surface area contributed by atoms with E-state index in [4.69, 9.17) is 4.74 Å². The molecule has 1 amide bonds. The standard InChI is InChI=1S/C14H15F2NO2/c15-12(16)10-1-3-11(4-2-10)13(18)17-7-5-14(6-8-17)9-19-14/h1-4,12H,5-9H2. The van der Waals surface area contributed by atoms with Crippen LogP contribution in [0.15, 0.2) is 24.3 Å². The SMILES string of the molecule is O=C(c1ccc(C(F)F)cc1)N1CCC2(CC1)CO2. The van der Waals surface area contributed by atoms with Crippen LogP contribution in [0.4, 0.5) is 8.78 Å². The lowest BCUT2D eigenvalue weighted by Gasteiger charge is -2.30. The van der Waals surface area contributed by atoms with Crippen molar-refractivity contribution < 1.29 is 18.3 Å². The number of hydrogen-bond acceptors (Lipinski definition) is 2. The van der Waals surface area contributed by atoms with Crippen LogP contribution in [0, 0.1) is 0 Å². The van der Waals surface area contributed by atoms with Crippen LogP contribution in [0.25, 0.3) is 0 Å². The average Bonchev–Trinajstić information content (AvgIpc) is 3.18. The van der Waals surface area contributed by atoms with Crippen LogP contribution in [-0.4, -0.2) is 36.1 Å². The minimum Gasteiger partial charge on any atom is -0.369 e. The number of benzene rings is 1. The maximum Gasteiger partial charge on any atom is 0.263 e. The first-order valence-electron chi connectivity index (χ1n) is 6.41. The zero-order chi connectivity index (χ0) is 13.5. The van der Waals surface area contributed by atoms with Crippen LogP contribution in [0.3, 0.4) is 0 Å². The van der Waals surface area contributed by atoms with Crippen LogP contribution < -0.4 is 0 Å². The maximum atomic E-state index is 12.4. The summed E-state index contributed by atoms with van der Waals surface area (Å²) in [5.74, 6) is -0.0867. The lowest BCUT2D eigenvalue weighted by Crippen LogP contribution is -2.41. The van der Waals surface area contributed by atoms with Crippen LogP contribution in [0.2, 0.25) is 0 Å². The Morgan fingerprint density at radius 1 is 1.21 bits per heavy atom. The van der Waals surface area contributed by atoms with Crippen molar-refractivity contribution in [3.8, 4) is 0 Å². The molecule has 19 heavy (non-hydrogen) atoms. The molecule has 1 spiro atoms. The van der Waals surface area contributed by atoms with E-state index in [1.807, 2.05) is 0 Å². The number of alkyl halides is 2. The third kappa shape index (κ3) is 2.47. The Morgan fingerprint density at radius 3 is 2.26 bits per heavy atom. The van der Waals surface area contributed by atoms with Gasteiger partial charge < -0.3 is 9.64 Å². The number of piperidine rings is 1. The van der Waals surface area contributed by atoms with Crippen molar-refractivity contribution in [2.75, 3.05) is 19.7 Å². The molecule has 1 aromatic carbocycles. The highest BCUT2D eigenvalue weighted by Crippen LogP contribution is 2.38. The Hall–Kier alpha value is -1.49. The van der Waals surface area contributed by atoms with Gasteiger partial charge in [0.25, 0.3) is 12.3 Å². The van der Waals surface area contributed by atoms with E-state index in [9.17, 15) is 13.6 Å². The highest BCUT2D eigenvalue weighted by atomic mass is 19.3. The fourth-order valence-electron chi connectivity index (χ4n) is 2.46. The molecule has 0 aromatic heterocycles. The number of hydrogen-bond donors (Lipinski definition) is 0.